The molecule has 0 saturated carbocycles. The van der Waals surface area contributed by atoms with Crippen molar-refractivity contribution in [1.29, 1.82) is 0 Å². The van der Waals surface area contributed by atoms with Crippen LogP contribution in [0, 0.1) is 12.8 Å². The van der Waals surface area contributed by atoms with Crippen LogP contribution in [0.15, 0.2) is 6.07 Å². The van der Waals surface area contributed by atoms with Crippen LogP contribution in [0.25, 0.3) is 0 Å². The molecule has 6 nitrogen and oxygen atoms in total. The van der Waals surface area contributed by atoms with Gasteiger partial charge in [-0.05, 0) is 32.6 Å². The third-order valence-electron chi connectivity index (χ3n) is 4.34. The minimum atomic E-state index is 0.123. The number of aromatic nitrogens is 2. The van der Waals surface area contributed by atoms with E-state index in [2.05, 4.69) is 39.3 Å². The topological polar surface area (TPSA) is 70.2 Å². The van der Waals surface area contributed by atoms with Crippen LogP contribution >= 0.6 is 0 Å². The lowest BCUT2D eigenvalue weighted by molar-refractivity contribution is -0.125. The van der Waals surface area contributed by atoms with E-state index >= 15 is 0 Å². The molecule has 1 saturated heterocycles. The molecule has 0 bridgehead atoms. The fourth-order valence-corrected chi connectivity index (χ4v) is 2.93. The van der Waals surface area contributed by atoms with Crippen LogP contribution in [-0.2, 0) is 4.79 Å². The van der Waals surface area contributed by atoms with Gasteiger partial charge in [0.1, 0.15) is 17.5 Å². The van der Waals surface area contributed by atoms with E-state index in [4.69, 9.17) is 0 Å². The largest absolute Gasteiger partial charge is 0.368 e. The molecule has 0 atom stereocenters. The first-order valence-electron chi connectivity index (χ1n) is 8.76. The monoisotopic (exact) mass is 319 g/mol. The summed E-state index contributed by atoms with van der Waals surface area (Å²) >= 11 is 0. The van der Waals surface area contributed by atoms with Crippen molar-refractivity contribution in [3.05, 3.63) is 11.9 Å². The van der Waals surface area contributed by atoms with Crippen molar-refractivity contribution in [2.24, 2.45) is 5.92 Å². The molecule has 128 valence electrons. The van der Waals surface area contributed by atoms with Crippen LogP contribution in [0.1, 0.15) is 45.4 Å². The van der Waals surface area contributed by atoms with Crippen molar-refractivity contribution in [3.8, 4) is 0 Å². The van der Waals surface area contributed by atoms with E-state index in [9.17, 15) is 4.79 Å². The minimum Gasteiger partial charge on any atom is -0.368 e. The molecule has 2 heterocycles. The second-order valence-electron chi connectivity index (χ2n) is 6.08. The molecule has 23 heavy (non-hydrogen) atoms. The summed E-state index contributed by atoms with van der Waals surface area (Å²) < 4.78 is 0. The van der Waals surface area contributed by atoms with E-state index in [1.807, 2.05) is 13.0 Å². The maximum atomic E-state index is 11.9. The van der Waals surface area contributed by atoms with Crippen molar-refractivity contribution in [2.45, 2.75) is 46.5 Å². The molecule has 0 unspecified atom stereocenters. The summed E-state index contributed by atoms with van der Waals surface area (Å²) in [7, 11) is 0. The molecular weight excluding hydrogens is 290 g/mol. The molecule has 0 radical (unpaired) electrons. The standard InChI is InChI=1S/C17H29N5O/c1-4-14(5-2)17(23)19-9-8-18-15-12-16(21-13(3)20-15)22-10-6-7-11-22/h12,14H,4-11H2,1-3H3,(H,19,23)(H,18,20,21). The maximum absolute atomic E-state index is 11.9. The Morgan fingerprint density at radius 2 is 1.91 bits per heavy atom. The van der Waals surface area contributed by atoms with Crippen LogP contribution in [0.5, 0.6) is 0 Å². The average Bonchev–Trinajstić information content (AvgIpc) is 3.07. The van der Waals surface area contributed by atoms with Gasteiger partial charge >= 0.3 is 0 Å². The summed E-state index contributed by atoms with van der Waals surface area (Å²) in [5, 5.41) is 6.27. The molecule has 0 aliphatic carbocycles. The van der Waals surface area contributed by atoms with Gasteiger partial charge < -0.3 is 15.5 Å². The van der Waals surface area contributed by atoms with Crippen LogP contribution in [0.4, 0.5) is 11.6 Å². The lowest BCUT2D eigenvalue weighted by Crippen LogP contribution is -2.33. The van der Waals surface area contributed by atoms with Gasteiger partial charge in [-0.1, -0.05) is 13.8 Å². The second kappa shape index (κ2) is 8.70. The van der Waals surface area contributed by atoms with Gasteiger partial charge in [0, 0.05) is 38.2 Å². The molecule has 1 amide bonds. The summed E-state index contributed by atoms with van der Waals surface area (Å²) in [6.45, 7) is 9.44. The van der Waals surface area contributed by atoms with E-state index in [-0.39, 0.29) is 11.8 Å². The Kier molecular flexibility index (Phi) is 6.62. The molecule has 1 aromatic rings. The van der Waals surface area contributed by atoms with Crippen molar-refractivity contribution in [3.63, 3.8) is 0 Å². The number of carbonyl (C=O) groups excluding carboxylic acids is 1. The van der Waals surface area contributed by atoms with Gasteiger partial charge in [-0.25, -0.2) is 9.97 Å². The zero-order chi connectivity index (χ0) is 16.7. The van der Waals surface area contributed by atoms with E-state index in [0.717, 1.165) is 43.4 Å². The summed E-state index contributed by atoms with van der Waals surface area (Å²) in [5.41, 5.74) is 0. The Morgan fingerprint density at radius 1 is 1.22 bits per heavy atom. The molecule has 0 aromatic carbocycles. The van der Waals surface area contributed by atoms with Crippen LogP contribution in [-0.4, -0.2) is 42.1 Å². The Balaban J connectivity index is 1.82. The van der Waals surface area contributed by atoms with Crippen molar-refractivity contribution in [1.82, 2.24) is 15.3 Å². The number of nitrogens with one attached hydrogen (secondary N) is 2. The fraction of sp³-hybridized carbons (Fsp3) is 0.706. The van der Waals surface area contributed by atoms with Crippen LogP contribution in [0.2, 0.25) is 0 Å². The molecule has 6 heteroatoms. The quantitative estimate of drug-likeness (QED) is 0.720. The third kappa shape index (κ3) is 5.08. The maximum Gasteiger partial charge on any atom is 0.223 e. The van der Waals surface area contributed by atoms with Crippen molar-refractivity contribution < 1.29 is 4.79 Å². The number of hydrogen-bond donors (Lipinski definition) is 2. The molecular formula is C17H29N5O. The SMILES string of the molecule is CCC(CC)C(=O)NCCNc1cc(N2CCCC2)nc(C)n1. The Hall–Kier alpha value is -1.85. The average molecular weight is 319 g/mol. The first-order chi connectivity index (χ1) is 11.1. The fourth-order valence-electron chi connectivity index (χ4n) is 2.93. The first-order valence-corrected chi connectivity index (χ1v) is 8.76. The highest BCUT2D eigenvalue weighted by molar-refractivity contribution is 5.78. The zero-order valence-electron chi connectivity index (χ0n) is 14.6. The van der Waals surface area contributed by atoms with Crippen molar-refractivity contribution >= 4 is 17.5 Å². The van der Waals surface area contributed by atoms with Gasteiger partial charge in [-0.2, -0.15) is 0 Å². The molecule has 2 rings (SSSR count). The van der Waals surface area contributed by atoms with Crippen molar-refractivity contribution in [2.75, 3.05) is 36.4 Å². The van der Waals surface area contributed by atoms with Gasteiger partial charge in [0.2, 0.25) is 5.91 Å². The summed E-state index contributed by atoms with van der Waals surface area (Å²) in [6, 6.07) is 2.00. The molecule has 1 fully saturated rings. The molecule has 0 spiro atoms. The van der Waals surface area contributed by atoms with E-state index in [1.165, 1.54) is 12.8 Å². The minimum absolute atomic E-state index is 0.123. The number of aryl methyl sites for hydroxylation is 1. The molecule has 1 aliphatic heterocycles. The lowest BCUT2D eigenvalue weighted by Gasteiger charge is -2.18. The van der Waals surface area contributed by atoms with Gasteiger partial charge in [0.15, 0.2) is 0 Å². The van der Waals surface area contributed by atoms with E-state index in [0.29, 0.717) is 13.1 Å². The molecule has 1 aromatic heterocycles. The smallest absolute Gasteiger partial charge is 0.223 e. The Bertz CT molecular complexity index is 510. The number of hydrogen-bond acceptors (Lipinski definition) is 5. The van der Waals surface area contributed by atoms with Gasteiger partial charge in [-0.3, -0.25) is 4.79 Å². The summed E-state index contributed by atoms with van der Waals surface area (Å²) in [5.74, 6) is 2.87. The number of anilines is 2. The summed E-state index contributed by atoms with van der Waals surface area (Å²) in [6.07, 6.45) is 4.24. The van der Waals surface area contributed by atoms with Crippen LogP contribution in [0.3, 0.4) is 0 Å². The third-order valence-corrected chi connectivity index (χ3v) is 4.34. The number of amides is 1. The first kappa shape index (κ1) is 17.5. The van der Waals surface area contributed by atoms with Gasteiger partial charge in [-0.15, -0.1) is 0 Å². The van der Waals surface area contributed by atoms with E-state index < -0.39 is 0 Å². The highest BCUT2D eigenvalue weighted by atomic mass is 16.1. The predicted molar refractivity (Wildman–Crippen MR) is 93.8 cm³/mol. The van der Waals surface area contributed by atoms with Crippen LogP contribution < -0.4 is 15.5 Å². The lowest BCUT2D eigenvalue weighted by atomic mass is 10.0. The Morgan fingerprint density at radius 3 is 2.57 bits per heavy atom. The highest BCUT2D eigenvalue weighted by Gasteiger charge is 2.15. The zero-order valence-corrected chi connectivity index (χ0v) is 14.6. The summed E-state index contributed by atoms with van der Waals surface area (Å²) in [4.78, 5) is 23.2. The van der Waals surface area contributed by atoms with Gasteiger partial charge in [0.25, 0.3) is 0 Å². The Labute approximate surface area is 139 Å². The predicted octanol–water partition coefficient (Wildman–Crippen LogP) is 2.35. The number of carbonyl (C=O) groups is 1. The van der Waals surface area contributed by atoms with E-state index in [1.54, 1.807) is 0 Å². The molecule has 2 N–H and O–H groups in total. The number of rotatable bonds is 8. The highest BCUT2D eigenvalue weighted by Crippen LogP contribution is 2.20. The normalized spacial score (nSPS) is 14.3. The van der Waals surface area contributed by atoms with Gasteiger partial charge in [0.05, 0.1) is 0 Å². The second-order valence-corrected chi connectivity index (χ2v) is 6.08. The molecule has 1 aliphatic rings. The number of nitrogens with zero attached hydrogens (tertiary/aromatic N) is 3.